The largest absolute Gasteiger partial charge is 0.507 e. The molecule has 5 heteroatoms. The Kier molecular flexibility index (Phi) is 4.45. The van der Waals surface area contributed by atoms with Crippen molar-refractivity contribution in [2.24, 2.45) is 0 Å². The summed E-state index contributed by atoms with van der Waals surface area (Å²) in [6.07, 6.45) is 1.48. The van der Waals surface area contributed by atoms with Gasteiger partial charge in [0, 0.05) is 11.1 Å². The van der Waals surface area contributed by atoms with Gasteiger partial charge in [-0.15, -0.1) is 0 Å². The van der Waals surface area contributed by atoms with E-state index in [9.17, 15) is 20.1 Å². The predicted molar refractivity (Wildman–Crippen MR) is 108 cm³/mol. The first-order valence-electron chi connectivity index (χ1n) is 9.18. The Morgan fingerprint density at radius 3 is 2.11 bits per heavy atom. The zero-order chi connectivity index (χ0) is 21.0. The lowest BCUT2D eigenvalue weighted by atomic mass is 9.79. The molecule has 1 aliphatic heterocycles. The molecule has 0 unspecified atom stereocenters. The molecule has 0 radical (unpaired) electrons. The van der Waals surface area contributed by atoms with Crippen LogP contribution >= 0.6 is 0 Å². The Bertz CT molecular complexity index is 1000. The van der Waals surface area contributed by atoms with E-state index in [-0.39, 0.29) is 39.4 Å². The summed E-state index contributed by atoms with van der Waals surface area (Å²) < 4.78 is 5.53. The molecule has 5 nitrogen and oxygen atoms in total. The van der Waals surface area contributed by atoms with Crippen LogP contribution in [0.1, 0.15) is 68.6 Å². The maximum absolute atomic E-state index is 12.7. The van der Waals surface area contributed by atoms with Gasteiger partial charge in [-0.05, 0) is 40.7 Å². The van der Waals surface area contributed by atoms with Crippen LogP contribution in [0, 0.1) is 0 Å². The lowest BCUT2D eigenvalue weighted by Crippen LogP contribution is -2.17. The molecular weight excluding hydrogens is 356 g/mol. The van der Waals surface area contributed by atoms with Gasteiger partial charge in [-0.1, -0.05) is 47.6 Å². The highest BCUT2D eigenvalue weighted by Gasteiger charge is 2.32. The Labute approximate surface area is 164 Å². The molecular formula is C23H26O5. The lowest BCUT2D eigenvalue weighted by Gasteiger charge is -2.27. The number of carbonyl (C=O) groups excluding carboxylic acids is 1. The molecule has 1 aliphatic rings. The molecule has 28 heavy (non-hydrogen) atoms. The number of benzene rings is 2. The van der Waals surface area contributed by atoms with Crippen LogP contribution in [-0.2, 0) is 10.8 Å². The molecule has 0 amide bonds. The van der Waals surface area contributed by atoms with Gasteiger partial charge in [-0.2, -0.15) is 0 Å². The molecule has 0 spiro atoms. The second-order valence-corrected chi connectivity index (χ2v) is 9.21. The number of hydrogen-bond acceptors (Lipinski definition) is 5. The minimum absolute atomic E-state index is 0.0166. The third kappa shape index (κ3) is 3.33. The van der Waals surface area contributed by atoms with Crippen molar-refractivity contribution in [2.45, 2.75) is 52.4 Å². The number of phenolic OH excluding ortho intramolecular Hbond substituents is 3. The molecule has 0 bridgehead atoms. The molecule has 148 valence electrons. The first kappa shape index (κ1) is 19.8. The third-order valence-corrected chi connectivity index (χ3v) is 4.89. The van der Waals surface area contributed by atoms with Crippen molar-refractivity contribution in [3.8, 4) is 23.0 Å². The molecule has 0 aliphatic carbocycles. The number of aromatic hydroxyl groups is 3. The highest BCUT2D eigenvalue weighted by molar-refractivity contribution is 6.15. The number of fused-ring (bicyclic) bond motifs is 1. The molecule has 2 aromatic rings. The topological polar surface area (TPSA) is 87.0 Å². The second-order valence-electron chi connectivity index (χ2n) is 9.21. The van der Waals surface area contributed by atoms with Crippen molar-refractivity contribution in [1.82, 2.24) is 0 Å². The molecule has 0 aromatic heterocycles. The summed E-state index contributed by atoms with van der Waals surface area (Å²) in [7, 11) is 0. The van der Waals surface area contributed by atoms with Crippen LogP contribution in [0.2, 0.25) is 0 Å². The summed E-state index contributed by atoms with van der Waals surface area (Å²) in [5.74, 6) is -1.25. The van der Waals surface area contributed by atoms with Crippen LogP contribution in [0.3, 0.4) is 0 Å². The van der Waals surface area contributed by atoms with Gasteiger partial charge in [0.25, 0.3) is 0 Å². The van der Waals surface area contributed by atoms with Crippen molar-refractivity contribution >= 4 is 11.9 Å². The van der Waals surface area contributed by atoms with Crippen LogP contribution in [0.15, 0.2) is 30.0 Å². The van der Waals surface area contributed by atoms with E-state index in [4.69, 9.17) is 4.74 Å². The fraction of sp³-hybridized carbons (Fsp3) is 0.348. The van der Waals surface area contributed by atoms with Crippen LogP contribution in [0.25, 0.3) is 6.08 Å². The molecule has 2 aromatic carbocycles. The molecule has 0 atom stereocenters. The van der Waals surface area contributed by atoms with Gasteiger partial charge in [-0.3, -0.25) is 4.79 Å². The second kappa shape index (κ2) is 6.30. The smallest absolute Gasteiger partial charge is 0.232 e. The summed E-state index contributed by atoms with van der Waals surface area (Å²) in [5.41, 5.74) is 1.97. The summed E-state index contributed by atoms with van der Waals surface area (Å²) in [4.78, 5) is 12.7. The van der Waals surface area contributed by atoms with Crippen molar-refractivity contribution in [1.29, 1.82) is 0 Å². The van der Waals surface area contributed by atoms with E-state index in [1.54, 1.807) is 0 Å². The van der Waals surface area contributed by atoms with E-state index < -0.39 is 11.5 Å². The van der Waals surface area contributed by atoms with Gasteiger partial charge in [0.2, 0.25) is 11.5 Å². The van der Waals surface area contributed by atoms with Gasteiger partial charge in [0.1, 0.15) is 5.75 Å². The fourth-order valence-corrected chi connectivity index (χ4v) is 3.14. The lowest BCUT2D eigenvalue weighted by molar-refractivity contribution is 0.101. The Balaban J connectivity index is 2.17. The van der Waals surface area contributed by atoms with E-state index in [2.05, 4.69) is 20.8 Å². The van der Waals surface area contributed by atoms with Crippen molar-refractivity contribution in [3.05, 3.63) is 52.3 Å². The van der Waals surface area contributed by atoms with E-state index in [1.807, 2.05) is 32.9 Å². The number of ketones is 1. The van der Waals surface area contributed by atoms with E-state index >= 15 is 0 Å². The average Bonchev–Trinajstić information content (AvgIpc) is 2.87. The molecule has 0 saturated heterocycles. The van der Waals surface area contributed by atoms with E-state index in [0.29, 0.717) is 5.56 Å². The molecule has 1 heterocycles. The fourth-order valence-electron chi connectivity index (χ4n) is 3.14. The monoisotopic (exact) mass is 382 g/mol. The van der Waals surface area contributed by atoms with Crippen LogP contribution in [-0.4, -0.2) is 21.1 Å². The van der Waals surface area contributed by atoms with Gasteiger partial charge in [0.15, 0.2) is 17.3 Å². The van der Waals surface area contributed by atoms with Crippen molar-refractivity contribution in [3.63, 3.8) is 0 Å². The number of phenols is 3. The number of allylic oxidation sites excluding steroid dienone is 1. The summed E-state index contributed by atoms with van der Waals surface area (Å²) >= 11 is 0. The van der Waals surface area contributed by atoms with E-state index in [1.165, 1.54) is 18.2 Å². The first-order chi connectivity index (χ1) is 12.8. The molecule has 0 fully saturated rings. The number of rotatable bonds is 1. The Hall–Kier alpha value is -2.95. The van der Waals surface area contributed by atoms with Crippen LogP contribution in [0.5, 0.6) is 23.0 Å². The minimum atomic E-state index is -0.475. The van der Waals surface area contributed by atoms with E-state index in [0.717, 1.165) is 11.1 Å². The minimum Gasteiger partial charge on any atom is -0.507 e. The van der Waals surface area contributed by atoms with Gasteiger partial charge < -0.3 is 20.1 Å². The zero-order valence-electron chi connectivity index (χ0n) is 17.0. The Morgan fingerprint density at radius 2 is 1.54 bits per heavy atom. The molecule has 0 saturated carbocycles. The van der Waals surface area contributed by atoms with Crippen molar-refractivity contribution < 1.29 is 24.9 Å². The van der Waals surface area contributed by atoms with Gasteiger partial charge in [-0.25, -0.2) is 0 Å². The molecule has 3 N–H and O–H groups in total. The highest BCUT2D eigenvalue weighted by Crippen LogP contribution is 2.45. The SMILES string of the molecule is CC(C)(C)c1cc(/C=C2\Oc3c(ccc(O)c3O)C2=O)c(O)c(C(C)(C)C)c1. The number of hydrogen-bond donors (Lipinski definition) is 3. The van der Waals surface area contributed by atoms with Crippen LogP contribution < -0.4 is 4.74 Å². The van der Waals surface area contributed by atoms with Gasteiger partial charge in [0.05, 0.1) is 5.56 Å². The van der Waals surface area contributed by atoms with Crippen LogP contribution in [0.4, 0.5) is 0 Å². The highest BCUT2D eigenvalue weighted by atomic mass is 16.5. The maximum Gasteiger partial charge on any atom is 0.232 e. The van der Waals surface area contributed by atoms with Crippen molar-refractivity contribution in [2.75, 3.05) is 0 Å². The van der Waals surface area contributed by atoms with Gasteiger partial charge >= 0.3 is 0 Å². The first-order valence-corrected chi connectivity index (χ1v) is 9.18. The summed E-state index contributed by atoms with van der Waals surface area (Å²) in [5, 5.41) is 30.5. The quantitative estimate of drug-likeness (QED) is 0.476. The average molecular weight is 382 g/mol. The predicted octanol–water partition coefficient (Wildman–Crippen LogP) is 5.01. The normalized spacial score (nSPS) is 15.6. The third-order valence-electron chi connectivity index (χ3n) is 4.89. The zero-order valence-corrected chi connectivity index (χ0v) is 17.0. The summed E-state index contributed by atoms with van der Waals surface area (Å²) in [6.45, 7) is 12.3. The standard InChI is InChI=1S/C23H26O5/c1-22(2,3)13-9-12(18(25)15(11-13)23(4,5)6)10-17-19(26)14-7-8-16(24)20(27)21(14)28-17/h7-11,24-25,27H,1-6H3/b17-10-. The molecule has 3 rings (SSSR count). The maximum atomic E-state index is 12.7. The number of ether oxygens (including phenoxy) is 1. The number of carbonyl (C=O) groups is 1. The number of Topliss-reactive ketones (excluding diaryl/α,β-unsaturated/α-hetero) is 1. The summed E-state index contributed by atoms with van der Waals surface area (Å²) in [6, 6.07) is 6.48. The Morgan fingerprint density at radius 1 is 0.893 bits per heavy atom.